The maximum Gasteiger partial charge on any atom is 0.341 e. The Morgan fingerprint density at radius 2 is 1.94 bits per heavy atom. The van der Waals surface area contributed by atoms with Crippen LogP contribution in [0.15, 0.2) is 84.3 Å². The van der Waals surface area contributed by atoms with Crippen LogP contribution in [0.2, 0.25) is 0 Å². The molecule has 0 saturated heterocycles. The van der Waals surface area contributed by atoms with Crippen molar-refractivity contribution in [2.45, 2.75) is 25.7 Å². The first-order valence-corrected chi connectivity index (χ1v) is 11.0. The van der Waals surface area contributed by atoms with Gasteiger partial charge in [-0.1, -0.05) is 59.8 Å². The molecule has 4 rings (SSSR count). The Balaban J connectivity index is 1.43. The van der Waals surface area contributed by atoms with Gasteiger partial charge in [0.05, 0.1) is 5.71 Å². The van der Waals surface area contributed by atoms with Gasteiger partial charge in [-0.25, -0.2) is 4.79 Å². The van der Waals surface area contributed by atoms with Gasteiger partial charge in [0.25, 0.3) is 0 Å². The van der Waals surface area contributed by atoms with Crippen LogP contribution in [0.5, 0.6) is 5.75 Å². The summed E-state index contributed by atoms with van der Waals surface area (Å²) in [7, 11) is 0. The summed E-state index contributed by atoms with van der Waals surface area (Å²) in [6.45, 7) is 0.0986. The van der Waals surface area contributed by atoms with Gasteiger partial charge in [0.15, 0.2) is 6.61 Å². The molecule has 1 aromatic heterocycles. The van der Waals surface area contributed by atoms with Crippen LogP contribution in [0, 0.1) is 0 Å². The van der Waals surface area contributed by atoms with E-state index in [2.05, 4.69) is 22.3 Å². The highest BCUT2D eigenvalue weighted by molar-refractivity contribution is 6.01. The van der Waals surface area contributed by atoms with Crippen molar-refractivity contribution in [2.24, 2.45) is 5.16 Å². The van der Waals surface area contributed by atoms with Crippen molar-refractivity contribution in [1.29, 1.82) is 0 Å². The van der Waals surface area contributed by atoms with Gasteiger partial charge >= 0.3 is 5.97 Å². The van der Waals surface area contributed by atoms with Gasteiger partial charge in [0, 0.05) is 30.8 Å². The molecule has 0 atom stereocenters. The summed E-state index contributed by atoms with van der Waals surface area (Å²) in [5.41, 5.74) is 6.26. The molecule has 3 aromatic rings. The highest BCUT2D eigenvalue weighted by atomic mass is 16.6. The number of allylic oxidation sites excluding steroid dienone is 1. The highest BCUT2D eigenvalue weighted by Gasteiger charge is 2.17. The largest absolute Gasteiger partial charge is 0.482 e. The van der Waals surface area contributed by atoms with Crippen molar-refractivity contribution < 1.29 is 19.5 Å². The van der Waals surface area contributed by atoms with Crippen molar-refractivity contribution in [3.8, 4) is 5.75 Å². The predicted molar refractivity (Wildman–Crippen MR) is 127 cm³/mol. The molecule has 0 bridgehead atoms. The number of nitrogens with zero attached hydrogens (tertiary/aromatic N) is 2. The van der Waals surface area contributed by atoms with Crippen LogP contribution < -0.4 is 4.74 Å². The van der Waals surface area contributed by atoms with Crippen LogP contribution >= 0.6 is 0 Å². The zero-order valence-corrected chi connectivity index (χ0v) is 18.3. The van der Waals surface area contributed by atoms with Gasteiger partial charge in [-0.3, -0.25) is 4.98 Å². The summed E-state index contributed by atoms with van der Waals surface area (Å²) < 4.78 is 5.49. The van der Waals surface area contributed by atoms with E-state index >= 15 is 0 Å². The Hall–Kier alpha value is -3.93. The first-order chi connectivity index (χ1) is 16.2. The van der Waals surface area contributed by atoms with Gasteiger partial charge in [-0.15, -0.1) is 0 Å². The minimum atomic E-state index is -0.981. The highest BCUT2D eigenvalue weighted by Crippen LogP contribution is 2.34. The molecule has 33 heavy (non-hydrogen) atoms. The summed E-state index contributed by atoms with van der Waals surface area (Å²) in [4.78, 5) is 20.8. The molecule has 0 aliphatic heterocycles. The number of rotatable bonds is 10. The van der Waals surface area contributed by atoms with E-state index in [4.69, 9.17) is 14.7 Å². The Morgan fingerprint density at radius 3 is 2.73 bits per heavy atom. The Kier molecular flexibility index (Phi) is 7.48. The number of carboxylic acids is 1. The van der Waals surface area contributed by atoms with Gasteiger partial charge < -0.3 is 14.7 Å². The number of hydrogen-bond acceptors (Lipinski definition) is 5. The predicted octanol–water partition coefficient (Wildman–Crippen LogP) is 4.93. The van der Waals surface area contributed by atoms with E-state index in [1.807, 2.05) is 60.8 Å². The average molecular weight is 443 g/mol. The second-order valence-corrected chi connectivity index (χ2v) is 7.76. The lowest BCUT2D eigenvalue weighted by molar-refractivity contribution is -0.139. The minimum Gasteiger partial charge on any atom is -0.482 e. The van der Waals surface area contributed by atoms with E-state index < -0.39 is 5.97 Å². The molecule has 0 saturated carbocycles. The fourth-order valence-electron chi connectivity index (χ4n) is 3.93. The number of benzene rings is 2. The number of carbonyl (C=O) groups is 1. The van der Waals surface area contributed by atoms with Crippen molar-refractivity contribution >= 4 is 17.3 Å². The third-order valence-electron chi connectivity index (χ3n) is 5.45. The molecule has 1 heterocycles. The summed E-state index contributed by atoms with van der Waals surface area (Å²) >= 11 is 0. The summed E-state index contributed by atoms with van der Waals surface area (Å²) in [6.07, 6.45) is 8.86. The second-order valence-electron chi connectivity index (χ2n) is 7.76. The van der Waals surface area contributed by atoms with Crippen molar-refractivity contribution in [3.63, 3.8) is 0 Å². The van der Waals surface area contributed by atoms with Gasteiger partial charge in [-0.05, 0) is 47.2 Å². The van der Waals surface area contributed by atoms with Crippen LogP contribution in [0.25, 0.3) is 5.57 Å². The van der Waals surface area contributed by atoms with Crippen molar-refractivity contribution in [2.75, 3.05) is 13.2 Å². The van der Waals surface area contributed by atoms with Crippen LogP contribution in [-0.2, 0) is 22.5 Å². The van der Waals surface area contributed by atoms with E-state index in [1.165, 1.54) is 5.57 Å². The van der Waals surface area contributed by atoms with Gasteiger partial charge in [0.1, 0.15) is 12.4 Å². The number of fused-ring (bicyclic) bond motifs is 1. The molecule has 1 aliphatic rings. The number of aromatic nitrogens is 1. The first kappa shape index (κ1) is 22.3. The minimum absolute atomic E-state index is 0.341. The van der Waals surface area contributed by atoms with Crippen molar-refractivity contribution in [1.82, 2.24) is 4.98 Å². The molecule has 1 aliphatic carbocycles. The molecule has 6 heteroatoms. The third-order valence-corrected chi connectivity index (χ3v) is 5.45. The van der Waals surface area contributed by atoms with E-state index in [1.54, 1.807) is 6.20 Å². The Morgan fingerprint density at radius 1 is 1.06 bits per heavy atom. The lowest BCUT2D eigenvalue weighted by Gasteiger charge is -2.20. The lowest BCUT2D eigenvalue weighted by Crippen LogP contribution is -2.12. The molecule has 168 valence electrons. The SMILES string of the molecule is O=C(O)COc1cccc2c1CCC=C2CCON=C(Cc1cccnc1)c1ccccc1. The number of pyridine rings is 1. The van der Waals surface area contributed by atoms with Gasteiger partial charge in [0.2, 0.25) is 0 Å². The number of ether oxygens (including phenoxy) is 1. The average Bonchev–Trinajstić information content (AvgIpc) is 2.85. The van der Waals surface area contributed by atoms with Crippen LogP contribution in [0.3, 0.4) is 0 Å². The molecule has 1 N–H and O–H groups in total. The zero-order valence-electron chi connectivity index (χ0n) is 18.3. The smallest absolute Gasteiger partial charge is 0.341 e. The quantitative estimate of drug-likeness (QED) is 0.274. The van der Waals surface area contributed by atoms with Gasteiger partial charge in [-0.2, -0.15) is 0 Å². The van der Waals surface area contributed by atoms with E-state index in [0.29, 0.717) is 25.2 Å². The number of aliphatic carboxylic acids is 1. The summed E-state index contributed by atoms with van der Waals surface area (Å²) in [5, 5.41) is 13.4. The monoisotopic (exact) mass is 442 g/mol. The molecular formula is C27H26N2O4. The zero-order chi connectivity index (χ0) is 22.9. The van der Waals surface area contributed by atoms with E-state index in [-0.39, 0.29) is 6.61 Å². The number of carboxylic acid groups (broad SMARTS) is 1. The standard InChI is InChI=1S/C27H26N2O4/c30-27(31)19-32-26-13-5-11-23-21(10-4-12-24(23)26)14-16-33-29-25(22-8-2-1-3-9-22)17-20-7-6-15-28-18-20/h1-3,5-11,13,15,18H,4,12,14,16-17,19H2,(H,30,31). The molecule has 0 fully saturated rings. The molecule has 0 unspecified atom stereocenters. The fraction of sp³-hybridized carbons (Fsp3) is 0.222. The third kappa shape index (κ3) is 6.07. The normalized spacial score (nSPS) is 13.1. The maximum absolute atomic E-state index is 10.9. The molecule has 6 nitrogen and oxygen atoms in total. The molecule has 0 amide bonds. The fourth-order valence-corrected chi connectivity index (χ4v) is 3.93. The lowest BCUT2D eigenvalue weighted by atomic mass is 9.89. The summed E-state index contributed by atoms with van der Waals surface area (Å²) in [6, 6.07) is 19.7. The Labute approximate surface area is 193 Å². The Bertz CT molecular complexity index is 1140. The number of oxime groups is 1. The second kappa shape index (κ2) is 11.1. The van der Waals surface area contributed by atoms with Crippen molar-refractivity contribution in [3.05, 3.63) is 101 Å². The van der Waals surface area contributed by atoms with Crippen LogP contribution in [0.4, 0.5) is 0 Å². The maximum atomic E-state index is 10.9. The first-order valence-electron chi connectivity index (χ1n) is 11.0. The van der Waals surface area contributed by atoms with E-state index in [0.717, 1.165) is 40.8 Å². The topological polar surface area (TPSA) is 81.0 Å². The molecular weight excluding hydrogens is 416 g/mol. The molecule has 0 radical (unpaired) electrons. The van der Waals surface area contributed by atoms with Crippen LogP contribution in [0.1, 0.15) is 35.1 Å². The molecule has 0 spiro atoms. The number of hydrogen-bond donors (Lipinski definition) is 1. The summed E-state index contributed by atoms with van der Waals surface area (Å²) in [5.74, 6) is -0.340. The van der Waals surface area contributed by atoms with Crippen LogP contribution in [-0.4, -0.2) is 35.0 Å². The molecule has 2 aromatic carbocycles. The van der Waals surface area contributed by atoms with E-state index in [9.17, 15) is 4.79 Å².